The molecule has 0 unspecified atom stereocenters. The van der Waals surface area contributed by atoms with E-state index < -0.39 is 11.5 Å². The van der Waals surface area contributed by atoms with E-state index in [1.165, 1.54) is 0 Å². The number of rotatable bonds is 7. The van der Waals surface area contributed by atoms with E-state index in [1.807, 2.05) is 37.4 Å². The Hall–Kier alpha value is -2.38. The minimum absolute atomic E-state index is 0.0134. The van der Waals surface area contributed by atoms with E-state index in [2.05, 4.69) is 10.00 Å². The van der Waals surface area contributed by atoms with Crippen LogP contribution in [0.25, 0.3) is 0 Å². The van der Waals surface area contributed by atoms with Crippen LogP contribution in [0.3, 0.4) is 0 Å². The molecule has 0 saturated carbocycles. The number of hydrogen-bond acceptors (Lipinski definition) is 5. The van der Waals surface area contributed by atoms with Gasteiger partial charge in [-0.3, -0.25) is 9.58 Å². The first-order valence-electron chi connectivity index (χ1n) is 8.83. The lowest BCUT2D eigenvalue weighted by Crippen LogP contribution is -2.51. The number of ether oxygens (including phenoxy) is 1. The summed E-state index contributed by atoms with van der Waals surface area (Å²) in [5.74, 6) is -0.0832. The molecule has 2 heterocycles. The molecule has 0 aliphatic carbocycles. The number of likely N-dealkylation sites (tertiary alicyclic amines) is 1. The summed E-state index contributed by atoms with van der Waals surface area (Å²) in [6.07, 6.45) is 4.55. The maximum absolute atomic E-state index is 12.0. The highest BCUT2D eigenvalue weighted by molar-refractivity contribution is 5.76. The first kappa shape index (κ1) is 18.4. The fourth-order valence-corrected chi connectivity index (χ4v) is 3.42. The molecule has 26 heavy (non-hydrogen) atoms. The van der Waals surface area contributed by atoms with E-state index in [1.54, 1.807) is 10.9 Å². The topological polar surface area (TPSA) is 87.8 Å². The monoisotopic (exact) mass is 359 g/mol. The van der Waals surface area contributed by atoms with E-state index in [4.69, 9.17) is 9.84 Å². The molecule has 2 N–H and O–H groups in total. The van der Waals surface area contributed by atoms with Gasteiger partial charge in [-0.15, -0.1) is 0 Å². The highest BCUT2D eigenvalue weighted by Crippen LogP contribution is 2.31. The van der Waals surface area contributed by atoms with Crippen LogP contribution in [0, 0.1) is 6.92 Å². The number of aryl methyl sites for hydroxylation is 1. The molecule has 1 saturated heterocycles. The van der Waals surface area contributed by atoms with Gasteiger partial charge in [0.2, 0.25) is 0 Å². The number of hydrogen-bond donors (Lipinski definition) is 2. The van der Waals surface area contributed by atoms with Gasteiger partial charge < -0.3 is 14.9 Å². The van der Waals surface area contributed by atoms with Crippen LogP contribution >= 0.6 is 0 Å². The molecule has 7 nitrogen and oxygen atoms in total. The van der Waals surface area contributed by atoms with Crippen LogP contribution in [0.15, 0.2) is 36.7 Å². The largest absolute Gasteiger partial charge is 0.491 e. The lowest BCUT2D eigenvalue weighted by Gasteiger charge is -2.39. The number of carboxylic acid groups (broad SMARTS) is 1. The highest BCUT2D eigenvalue weighted by Gasteiger charge is 2.44. The Bertz CT molecular complexity index is 751. The van der Waals surface area contributed by atoms with Crippen molar-refractivity contribution < 1.29 is 19.7 Å². The number of benzene rings is 1. The van der Waals surface area contributed by atoms with E-state index in [-0.39, 0.29) is 13.2 Å². The summed E-state index contributed by atoms with van der Waals surface area (Å²) in [7, 11) is 0. The Morgan fingerprint density at radius 2 is 2.12 bits per heavy atom. The van der Waals surface area contributed by atoms with E-state index >= 15 is 0 Å². The van der Waals surface area contributed by atoms with Crippen molar-refractivity contribution in [3.8, 4) is 5.75 Å². The maximum Gasteiger partial charge on any atom is 0.331 e. The molecule has 0 spiro atoms. The summed E-state index contributed by atoms with van der Waals surface area (Å²) in [6, 6.07) is 7.79. The van der Waals surface area contributed by atoms with Crippen molar-refractivity contribution in [1.29, 1.82) is 0 Å². The zero-order chi connectivity index (χ0) is 18.6. The van der Waals surface area contributed by atoms with Gasteiger partial charge in [0.25, 0.3) is 0 Å². The normalized spacial score (nSPS) is 17.2. The highest BCUT2D eigenvalue weighted by atomic mass is 16.5. The molecular formula is C19H25N3O4. The second-order valence-electron chi connectivity index (χ2n) is 6.79. The molecule has 3 rings (SSSR count). The summed E-state index contributed by atoms with van der Waals surface area (Å²) < 4.78 is 7.07. The molecule has 0 amide bonds. The third-order valence-corrected chi connectivity index (χ3v) is 4.90. The van der Waals surface area contributed by atoms with Crippen LogP contribution in [-0.2, 0) is 16.9 Å². The van der Waals surface area contributed by atoms with Crippen molar-refractivity contribution >= 4 is 5.97 Å². The molecule has 140 valence electrons. The first-order chi connectivity index (χ1) is 12.5. The zero-order valence-electron chi connectivity index (χ0n) is 15.0. The van der Waals surface area contributed by atoms with Gasteiger partial charge in [-0.05, 0) is 43.0 Å². The Balaban J connectivity index is 1.65. The summed E-state index contributed by atoms with van der Waals surface area (Å²) in [5.41, 5.74) is 1.11. The second kappa shape index (κ2) is 7.88. The van der Waals surface area contributed by atoms with Gasteiger partial charge in [0.1, 0.15) is 12.4 Å². The smallest absolute Gasteiger partial charge is 0.331 e. The summed E-state index contributed by atoms with van der Waals surface area (Å²) in [5, 5.41) is 23.0. The van der Waals surface area contributed by atoms with E-state index in [9.17, 15) is 9.90 Å². The average molecular weight is 359 g/mol. The van der Waals surface area contributed by atoms with Crippen molar-refractivity contribution in [3.63, 3.8) is 0 Å². The van der Waals surface area contributed by atoms with Gasteiger partial charge >= 0.3 is 5.97 Å². The van der Waals surface area contributed by atoms with Gasteiger partial charge in [-0.1, -0.05) is 12.1 Å². The number of aliphatic hydroxyl groups excluding tert-OH is 1. The Kier molecular flexibility index (Phi) is 5.58. The minimum Gasteiger partial charge on any atom is -0.491 e. The van der Waals surface area contributed by atoms with Gasteiger partial charge in [0.15, 0.2) is 5.54 Å². The van der Waals surface area contributed by atoms with E-state index in [0.717, 1.165) is 23.4 Å². The molecule has 1 aromatic heterocycles. The standard InChI is InChI=1S/C19H25N3O4/c1-15-12-20-22(13-15)19(18(24)25)5-7-21(8-6-19)14-16-3-2-4-17(11-16)26-10-9-23/h2-4,11-13,23H,5-10,14H2,1H3,(H,24,25). The van der Waals surface area contributed by atoms with Crippen molar-refractivity contribution in [2.24, 2.45) is 0 Å². The molecule has 1 aliphatic heterocycles. The molecule has 1 aromatic carbocycles. The maximum atomic E-state index is 12.0. The van der Waals surface area contributed by atoms with Crippen molar-refractivity contribution in [1.82, 2.24) is 14.7 Å². The van der Waals surface area contributed by atoms with Crippen LogP contribution in [0.1, 0.15) is 24.0 Å². The predicted molar refractivity (Wildman–Crippen MR) is 96.1 cm³/mol. The number of carboxylic acids is 1. The van der Waals surface area contributed by atoms with Crippen LogP contribution in [0.2, 0.25) is 0 Å². The predicted octanol–water partition coefficient (Wildman–Crippen LogP) is 1.64. The van der Waals surface area contributed by atoms with Crippen LogP contribution < -0.4 is 4.74 Å². The molecule has 0 bridgehead atoms. The molecule has 2 aromatic rings. The average Bonchev–Trinajstić information content (AvgIpc) is 3.08. The van der Waals surface area contributed by atoms with Gasteiger partial charge in [0.05, 0.1) is 12.8 Å². The fraction of sp³-hybridized carbons (Fsp3) is 0.474. The lowest BCUT2D eigenvalue weighted by molar-refractivity contribution is -0.151. The third kappa shape index (κ3) is 3.89. The zero-order valence-corrected chi connectivity index (χ0v) is 15.0. The third-order valence-electron chi connectivity index (χ3n) is 4.90. The van der Waals surface area contributed by atoms with Crippen LogP contribution in [0.5, 0.6) is 5.75 Å². The first-order valence-corrected chi connectivity index (χ1v) is 8.83. The Morgan fingerprint density at radius 3 is 2.73 bits per heavy atom. The van der Waals surface area contributed by atoms with Gasteiger partial charge in [-0.25, -0.2) is 4.79 Å². The lowest BCUT2D eigenvalue weighted by atomic mass is 9.87. The SMILES string of the molecule is Cc1cnn(C2(C(=O)O)CCN(Cc3cccc(OCCO)c3)CC2)c1. The number of aliphatic hydroxyl groups is 1. The van der Waals surface area contributed by atoms with Crippen molar-refractivity contribution in [3.05, 3.63) is 47.8 Å². The van der Waals surface area contributed by atoms with Crippen molar-refractivity contribution in [2.75, 3.05) is 26.3 Å². The number of aliphatic carboxylic acids is 1. The minimum atomic E-state index is -0.961. The van der Waals surface area contributed by atoms with Gasteiger partial charge in [-0.2, -0.15) is 5.10 Å². The molecular weight excluding hydrogens is 334 g/mol. The number of piperidine rings is 1. The summed E-state index contributed by atoms with van der Waals surface area (Å²) in [6.45, 7) is 4.29. The number of carbonyl (C=O) groups is 1. The Labute approximate surface area is 152 Å². The second-order valence-corrected chi connectivity index (χ2v) is 6.79. The molecule has 0 radical (unpaired) electrons. The van der Waals surface area contributed by atoms with Crippen LogP contribution in [-0.4, -0.2) is 57.2 Å². The molecule has 7 heteroatoms. The quantitative estimate of drug-likeness (QED) is 0.781. The Morgan fingerprint density at radius 1 is 1.35 bits per heavy atom. The number of nitrogens with zero attached hydrogens (tertiary/aromatic N) is 3. The van der Waals surface area contributed by atoms with Crippen LogP contribution in [0.4, 0.5) is 0 Å². The molecule has 1 fully saturated rings. The summed E-state index contributed by atoms with van der Waals surface area (Å²) in [4.78, 5) is 14.2. The van der Waals surface area contributed by atoms with Crippen molar-refractivity contribution in [2.45, 2.75) is 31.8 Å². The molecule has 1 aliphatic rings. The fourth-order valence-electron chi connectivity index (χ4n) is 3.42. The summed E-state index contributed by atoms with van der Waals surface area (Å²) >= 11 is 0. The van der Waals surface area contributed by atoms with Gasteiger partial charge in [0, 0.05) is 25.8 Å². The molecule has 0 atom stereocenters. The number of aromatic nitrogens is 2. The van der Waals surface area contributed by atoms with E-state index in [0.29, 0.717) is 25.9 Å².